The Morgan fingerprint density at radius 1 is 1.42 bits per heavy atom. The zero-order chi connectivity index (χ0) is 8.72. The molecule has 0 saturated heterocycles. The van der Waals surface area contributed by atoms with Crippen molar-refractivity contribution in [2.45, 2.75) is 24.2 Å². The van der Waals surface area contributed by atoms with E-state index in [4.69, 9.17) is 5.73 Å². The lowest BCUT2D eigenvalue weighted by atomic mass is 10.1. The van der Waals surface area contributed by atoms with Gasteiger partial charge in [-0.1, -0.05) is 17.8 Å². The molecule has 1 unspecified atom stereocenters. The Morgan fingerprint density at radius 2 is 2.17 bits per heavy atom. The lowest BCUT2D eigenvalue weighted by Crippen LogP contribution is -2.20. The van der Waals surface area contributed by atoms with Gasteiger partial charge in [-0.25, -0.2) is 0 Å². The molecule has 2 rings (SSSR count). The summed E-state index contributed by atoms with van der Waals surface area (Å²) in [6.45, 7) is 4.22. The number of hydrogen-bond acceptors (Lipinski definition) is 3. The van der Waals surface area contributed by atoms with Gasteiger partial charge in [-0.15, -0.1) is 0 Å². The Balaban J connectivity index is 2.52. The van der Waals surface area contributed by atoms with Gasteiger partial charge in [0.25, 0.3) is 0 Å². The first kappa shape index (κ1) is 7.95. The highest BCUT2D eigenvalue weighted by Gasteiger charge is 2.19. The fourth-order valence-corrected chi connectivity index (χ4v) is 2.56. The van der Waals surface area contributed by atoms with E-state index < -0.39 is 0 Å². The van der Waals surface area contributed by atoms with E-state index in [1.165, 1.54) is 21.7 Å². The van der Waals surface area contributed by atoms with Crippen molar-refractivity contribution in [2.24, 2.45) is 5.73 Å². The summed E-state index contributed by atoms with van der Waals surface area (Å²) in [5.41, 5.74) is 9.57. The third kappa shape index (κ3) is 1.19. The number of hydrogen-bond donors (Lipinski definition) is 2. The molecule has 3 N–H and O–H groups in total. The fraction of sp³-hybridized carbons (Fsp3) is 0.333. The van der Waals surface area contributed by atoms with Crippen molar-refractivity contribution < 1.29 is 0 Å². The minimum Gasteiger partial charge on any atom is -0.360 e. The smallest absolute Gasteiger partial charge is 0.127 e. The van der Waals surface area contributed by atoms with Crippen LogP contribution in [0.2, 0.25) is 0 Å². The van der Waals surface area contributed by atoms with Crippen LogP contribution in [0.5, 0.6) is 0 Å². The third-order valence-corrected chi connectivity index (χ3v) is 2.93. The molecule has 1 aliphatic heterocycles. The highest BCUT2D eigenvalue weighted by Crippen LogP contribution is 2.39. The molecule has 1 aromatic rings. The summed E-state index contributed by atoms with van der Waals surface area (Å²) in [6.07, 6.45) is 0. The maximum Gasteiger partial charge on any atom is 0.127 e. The molecule has 0 fully saturated rings. The molecular formula is C9H12N2S. The van der Waals surface area contributed by atoms with Crippen molar-refractivity contribution in [1.29, 1.82) is 0 Å². The number of thioether (sulfide) groups is 1. The largest absolute Gasteiger partial charge is 0.360 e. The molecule has 1 heterocycles. The first-order valence-electron chi connectivity index (χ1n) is 3.97. The maximum atomic E-state index is 5.76. The molecule has 1 aromatic carbocycles. The van der Waals surface area contributed by atoms with Crippen molar-refractivity contribution in [3.05, 3.63) is 23.3 Å². The summed E-state index contributed by atoms with van der Waals surface area (Å²) in [5.74, 6) is 0. The van der Waals surface area contributed by atoms with Crippen molar-refractivity contribution in [1.82, 2.24) is 0 Å². The van der Waals surface area contributed by atoms with E-state index >= 15 is 0 Å². The summed E-state index contributed by atoms with van der Waals surface area (Å²) < 4.78 is 0. The Hall–Kier alpha value is -0.670. The summed E-state index contributed by atoms with van der Waals surface area (Å²) in [4.78, 5) is 1.28. The van der Waals surface area contributed by atoms with E-state index in [9.17, 15) is 0 Å². The minimum atomic E-state index is 0.0282. The Kier molecular flexibility index (Phi) is 1.77. The molecule has 0 aromatic heterocycles. The molecule has 0 spiro atoms. The van der Waals surface area contributed by atoms with Gasteiger partial charge in [-0.05, 0) is 31.0 Å². The summed E-state index contributed by atoms with van der Waals surface area (Å²) >= 11 is 1.69. The number of rotatable bonds is 0. The lowest BCUT2D eigenvalue weighted by molar-refractivity contribution is 1.07. The number of benzene rings is 1. The van der Waals surface area contributed by atoms with E-state index in [-0.39, 0.29) is 5.50 Å². The number of nitrogens with two attached hydrogens (primary N) is 1. The number of anilines is 1. The zero-order valence-electron chi connectivity index (χ0n) is 7.22. The average Bonchev–Trinajstić information content (AvgIpc) is 2.29. The number of nitrogens with one attached hydrogen (secondary N) is 1. The van der Waals surface area contributed by atoms with E-state index in [0.717, 1.165) is 0 Å². The van der Waals surface area contributed by atoms with Gasteiger partial charge in [0.2, 0.25) is 0 Å². The summed E-state index contributed by atoms with van der Waals surface area (Å²) in [7, 11) is 0. The van der Waals surface area contributed by atoms with Crippen LogP contribution in [0.25, 0.3) is 0 Å². The van der Waals surface area contributed by atoms with E-state index in [0.29, 0.717) is 0 Å². The first-order valence-corrected chi connectivity index (χ1v) is 4.85. The molecule has 0 amide bonds. The third-order valence-electron chi connectivity index (χ3n) is 1.98. The van der Waals surface area contributed by atoms with Crippen LogP contribution in [0, 0.1) is 13.8 Å². The van der Waals surface area contributed by atoms with Crippen molar-refractivity contribution in [3.63, 3.8) is 0 Å². The number of fused-ring (bicyclic) bond motifs is 1. The number of aryl methyl sites for hydroxylation is 2. The van der Waals surface area contributed by atoms with Gasteiger partial charge in [0.05, 0.1) is 5.69 Å². The molecular weight excluding hydrogens is 168 g/mol. The molecule has 2 nitrogen and oxygen atoms in total. The first-order chi connectivity index (χ1) is 5.66. The molecule has 1 aliphatic rings. The van der Waals surface area contributed by atoms with Crippen molar-refractivity contribution >= 4 is 17.4 Å². The van der Waals surface area contributed by atoms with Crippen LogP contribution in [0.3, 0.4) is 0 Å². The second-order valence-corrected chi connectivity index (χ2v) is 4.32. The van der Waals surface area contributed by atoms with Gasteiger partial charge in [0, 0.05) is 4.90 Å². The fourth-order valence-electron chi connectivity index (χ4n) is 1.52. The summed E-state index contributed by atoms with van der Waals surface area (Å²) in [6, 6.07) is 4.34. The highest BCUT2D eigenvalue weighted by molar-refractivity contribution is 8.00. The molecule has 0 saturated carbocycles. The lowest BCUT2D eigenvalue weighted by Gasteiger charge is -2.05. The van der Waals surface area contributed by atoms with Gasteiger partial charge in [0.1, 0.15) is 5.50 Å². The predicted molar refractivity (Wildman–Crippen MR) is 53.4 cm³/mol. The highest BCUT2D eigenvalue weighted by atomic mass is 32.2. The van der Waals surface area contributed by atoms with E-state index in [1.807, 2.05) is 0 Å². The molecule has 1 atom stereocenters. The zero-order valence-corrected chi connectivity index (χ0v) is 8.03. The average molecular weight is 180 g/mol. The van der Waals surface area contributed by atoms with Crippen molar-refractivity contribution in [2.75, 3.05) is 5.32 Å². The van der Waals surface area contributed by atoms with Crippen molar-refractivity contribution in [3.8, 4) is 0 Å². The van der Waals surface area contributed by atoms with Gasteiger partial charge in [-0.3, -0.25) is 0 Å². The van der Waals surface area contributed by atoms with Gasteiger partial charge in [0.15, 0.2) is 0 Å². The van der Waals surface area contributed by atoms with Crippen LogP contribution in [-0.4, -0.2) is 5.50 Å². The Bertz CT molecular complexity index is 323. The van der Waals surface area contributed by atoms with Crippen LogP contribution in [0.4, 0.5) is 5.69 Å². The van der Waals surface area contributed by atoms with Gasteiger partial charge in [-0.2, -0.15) is 0 Å². The van der Waals surface area contributed by atoms with E-state index in [2.05, 4.69) is 31.3 Å². The van der Waals surface area contributed by atoms with Crippen LogP contribution in [0.15, 0.2) is 17.0 Å². The molecule has 0 bridgehead atoms. The predicted octanol–water partition coefficient (Wildman–Crippen LogP) is 2.06. The normalized spacial score (nSPS) is 20.4. The molecule has 12 heavy (non-hydrogen) atoms. The van der Waals surface area contributed by atoms with Gasteiger partial charge < -0.3 is 11.1 Å². The van der Waals surface area contributed by atoms with E-state index in [1.54, 1.807) is 11.8 Å². The van der Waals surface area contributed by atoms with Crippen LogP contribution < -0.4 is 11.1 Å². The van der Waals surface area contributed by atoms with Crippen LogP contribution >= 0.6 is 11.8 Å². The maximum absolute atomic E-state index is 5.76. The molecule has 0 aliphatic carbocycles. The SMILES string of the molecule is Cc1cc(C)c2c(c1)SC(N)N2. The molecule has 64 valence electrons. The molecule has 3 heteroatoms. The molecule has 0 radical (unpaired) electrons. The Morgan fingerprint density at radius 3 is 2.92 bits per heavy atom. The standard InChI is InChI=1S/C9H12N2S/c1-5-3-6(2)8-7(4-5)12-9(10)11-8/h3-4,9,11H,10H2,1-2H3. The monoisotopic (exact) mass is 180 g/mol. The summed E-state index contributed by atoms with van der Waals surface area (Å²) in [5, 5.41) is 3.23. The minimum absolute atomic E-state index is 0.0282. The van der Waals surface area contributed by atoms with Gasteiger partial charge >= 0.3 is 0 Å². The van der Waals surface area contributed by atoms with Crippen LogP contribution in [0.1, 0.15) is 11.1 Å². The topological polar surface area (TPSA) is 38.0 Å². The Labute approximate surface area is 76.5 Å². The second-order valence-electron chi connectivity index (χ2n) is 3.14. The van der Waals surface area contributed by atoms with Crippen LogP contribution in [-0.2, 0) is 0 Å². The second kappa shape index (κ2) is 2.68. The quantitative estimate of drug-likeness (QED) is 0.642.